The zero-order valence-corrected chi connectivity index (χ0v) is 18.1. The third-order valence-electron chi connectivity index (χ3n) is 4.71. The maximum absolute atomic E-state index is 13.6. The zero-order valence-electron chi connectivity index (χ0n) is 16.5. The summed E-state index contributed by atoms with van der Waals surface area (Å²) in [6.07, 6.45) is -3.28. The van der Waals surface area contributed by atoms with E-state index in [2.05, 4.69) is 14.7 Å². The molecule has 2 amide bonds. The number of fused-ring (bicyclic) bond motifs is 1. The second-order valence-corrected chi connectivity index (χ2v) is 10.5. The van der Waals surface area contributed by atoms with Gasteiger partial charge in [-0.3, -0.25) is 4.98 Å². The fraction of sp³-hybridized carbons (Fsp3) is 0.444. The molecular weight excluding hydrogens is 441 g/mol. The summed E-state index contributed by atoms with van der Waals surface area (Å²) in [5.74, 6) is 0. The summed E-state index contributed by atoms with van der Waals surface area (Å²) in [7, 11) is -3.72. The van der Waals surface area contributed by atoms with Crippen LogP contribution in [-0.2, 0) is 34.5 Å². The normalized spacial score (nSPS) is 16.1. The number of anilines is 1. The molecule has 4 N–H and O–H groups in total. The van der Waals surface area contributed by atoms with Crippen LogP contribution >= 0.6 is 11.3 Å². The van der Waals surface area contributed by atoms with Crippen LogP contribution in [0.5, 0.6) is 0 Å². The van der Waals surface area contributed by atoms with Crippen molar-refractivity contribution in [1.82, 2.24) is 4.98 Å². The van der Waals surface area contributed by atoms with Gasteiger partial charge in [0.15, 0.2) is 9.92 Å². The van der Waals surface area contributed by atoms with E-state index in [0.717, 1.165) is 11.3 Å². The molecule has 0 unspecified atom stereocenters. The minimum atomic E-state index is -4.74. The molecule has 12 heteroatoms. The average molecular weight is 463 g/mol. The Hall–Kier alpha value is -2.02. The Bertz CT molecular complexity index is 1130. The van der Waals surface area contributed by atoms with E-state index in [1.54, 1.807) is 0 Å². The minimum absolute atomic E-state index is 0.0296. The number of nitrogens with two attached hydrogens (primary N) is 1. The number of urea groups is 1. The summed E-state index contributed by atoms with van der Waals surface area (Å²) in [4.78, 5) is 16.5. The van der Waals surface area contributed by atoms with Gasteiger partial charge in [-0.1, -0.05) is 0 Å². The topological polar surface area (TPSA) is 118 Å². The molecule has 1 atom stereocenters. The first-order chi connectivity index (χ1) is 13.7. The summed E-state index contributed by atoms with van der Waals surface area (Å²) in [6, 6.07) is 0.116. The Morgan fingerprint density at radius 1 is 1.37 bits per heavy atom. The van der Waals surface area contributed by atoms with Crippen molar-refractivity contribution in [2.45, 2.75) is 56.0 Å². The van der Waals surface area contributed by atoms with Gasteiger partial charge in [0, 0.05) is 5.69 Å². The van der Waals surface area contributed by atoms with Crippen molar-refractivity contribution in [2.75, 3.05) is 5.32 Å². The number of carbonyl (C=O) groups excluding carboxylic acids is 1. The number of aromatic nitrogens is 1. The molecule has 0 saturated heterocycles. The molecule has 0 spiro atoms. The Kier molecular flexibility index (Phi) is 5.73. The highest BCUT2D eigenvalue weighted by Crippen LogP contribution is 2.41. The number of rotatable bonds is 3. The van der Waals surface area contributed by atoms with Crippen LogP contribution in [0.4, 0.5) is 23.7 Å². The SMILES string of the molecule is Cc1nc2c(c(NC(=O)N=[S@@](N)(=O)c3cc(C(C)(C)O)cs3)c1C(F)(F)F)CCC2. The highest BCUT2D eigenvalue weighted by Gasteiger charge is 2.39. The van der Waals surface area contributed by atoms with Gasteiger partial charge in [0.25, 0.3) is 0 Å². The Morgan fingerprint density at radius 2 is 2.03 bits per heavy atom. The standard InChI is InChI=1S/C18H21F3N4O3S2/c1-9-14(18(19,20)21)15(11-5-4-6-12(11)23-9)24-16(26)25-30(22,28)13-7-10(8-29-13)17(2,3)27/h7-8,27H,4-6H2,1-3H3,(H3,22,23,24,25,26,28)/t30-/m1/s1. The summed E-state index contributed by atoms with van der Waals surface area (Å²) in [5, 5.41) is 19.4. The lowest BCUT2D eigenvalue weighted by atomic mass is 10.0. The lowest BCUT2D eigenvalue weighted by Gasteiger charge is -2.18. The minimum Gasteiger partial charge on any atom is -0.386 e. The molecule has 3 rings (SSSR count). The van der Waals surface area contributed by atoms with Gasteiger partial charge in [-0.05, 0) is 62.6 Å². The van der Waals surface area contributed by atoms with Crippen molar-refractivity contribution in [1.29, 1.82) is 0 Å². The molecule has 164 valence electrons. The lowest BCUT2D eigenvalue weighted by molar-refractivity contribution is -0.137. The Balaban J connectivity index is 2.00. The average Bonchev–Trinajstić information content (AvgIpc) is 3.21. The van der Waals surface area contributed by atoms with Gasteiger partial charge in [0.1, 0.15) is 9.77 Å². The van der Waals surface area contributed by atoms with Gasteiger partial charge >= 0.3 is 12.2 Å². The molecule has 1 aliphatic rings. The van der Waals surface area contributed by atoms with Crippen molar-refractivity contribution in [3.05, 3.63) is 39.5 Å². The molecule has 2 heterocycles. The number of hydrogen-bond donors (Lipinski definition) is 3. The number of halogens is 3. The van der Waals surface area contributed by atoms with Crippen LogP contribution in [0.2, 0.25) is 0 Å². The molecule has 2 aromatic heterocycles. The molecule has 0 saturated carbocycles. The summed E-state index contributed by atoms with van der Waals surface area (Å²) in [6.45, 7) is 4.27. The molecular formula is C18H21F3N4O3S2. The number of alkyl halides is 3. The number of carbonyl (C=O) groups is 1. The van der Waals surface area contributed by atoms with E-state index in [1.165, 1.54) is 32.2 Å². The van der Waals surface area contributed by atoms with E-state index >= 15 is 0 Å². The van der Waals surface area contributed by atoms with Crippen LogP contribution in [-0.4, -0.2) is 20.3 Å². The molecule has 30 heavy (non-hydrogen) atoms. The maximum atomic E-state index is 13.6. The van der Waals surface area contributed by atoms with Gasteiger partial charge in [-0.2, -0.15) is 13.2 Å². The number of thiophene rings is 1. The zero-order chi connectivity index (χ0) is 22.5. The van der Waals surface area contributed by atoms with Gasteiger partial charge in [0.2, 0.25) is 0 Å². The number of nitrogens with one attached hydrogen (secondary N) is 1. The van der Waals surface area contributed by atoms with E-state index < -0.39 is 39.0 Å². The van der Waals surface area contributed by atoms with Crippen LogP contribution < -0.4 is 10.5 Å². The van der Waals surface area contributed by atoms with Crippen LogP contribution in [0.25, 0.3) is 0 Å². The first-order valence-electron chi connectivity index (χ1n) is 8.97. The van der Waals surface area contributed by atoms with Gasteiger partial charge in [-0.25, -0.2) is 14.1 Å². The van der Waals surface area contributed by atoms with E-state index in [-0.39, 0.29) is 9.90 Å². The molecule has 0 fully saturated rings. The second-order valence-electron chi connectivity index (χ2n) is 7.53. The summed E-state index contributed by atoms with van der Waals surface area (Å²) >= 11 is 0.937. The van der Waals surface area contributed by atoms with Gasteiger partial charge in [0.05, 0.1) is 17.0 Å². The van der Waals surface area contributed by atoms with Crippen LogP contribution in [0, 0.1) is 6.92 Å². The smallest absolute Gasteiger partial charge is 0.386 e. The number of amides is 2. The van der Waals surface area contributed by atoms with Crippen LogP contribution in [0.15, 0.2) is 20.0 Å². The van der Waals surface area contributed by atoms with Gasteiger partial charge < -0.3 is 10.4 Å². The number of aliphatic hydroxyl groups is 1. The number of aryl methyl sites for hydroxylation is 2. The first-order valence-corrected chi connectivity index (χ1v) is 11.4. The van der Waals surface area contributed by atoms with E-state index in [4.69, 9.17) is 5.14 Å². The molecule has 7 nitrogen and oxygen atoms in total. The fourth-order valence-electron chi connectivity index (χ4n) is 3.28. The first kappa shape index (κ1) is 22.7. The summed E-state index contributed by atoms with van der Waals surface area (Å²) in [5.41, 5.74) is -1.69. The maximum Gasteiger partial charge on any atom is 0.420 e. The molecule has 0 radical (unpaired) electrons. The Labute approximate surface area is 175 Å². The molecule has 1 aliphatic carbocycles. The van der Waals surface area contributed by atoms with Gasteiger partial charge in [-0.15, -0.1) is 15.7 Å². The second kappa shape index (κ2) is 7.59. The van der Waals surface area contributed by atoms with Crippen molar-refractivity contribution in [3.63, 3.8) is 0 Å². The van der Waals surface area contributed by atoms with Crippen molar-refractivity contribution in [3.8, 4) is 0 Å². The molecule has 0 bridgehead atoms. The van der Waals surface area contributed by atoms with Crippen LogP contribution in [0.3, 0.4) is 0 Å². The third-order valence-corrected chi connectivity index (χ3v) is 7.57. The van der Waals surface area contributed by atoms with Crippen molar-refractivity contribution in [2.24, 2.45) is 9.50 Å². The fourth-order valence-corrected chi connectivity index (χ4v) is 5.56. The van der Waals surface area contributed by atoms with Crippen LogP contribution in [0.1, 0.15) is 48.3 Å². The highest BCUT2D eigenvalue weighted by atomic mass is 32.2. The third kappa shape index (κ3) is 4.51. The number of pyridine rings is 1. The highest BCUT2D eigenvalue weighted by molar-refractivity contribution is 7.93. The quantitative estimate of drug-likeness (QED) is 0.636. The van der Waals surface area contributed by atoms with Crippen molar-refractivity contribution >= 4 is 33.0 Å². The number of nitrogens with zero attached hydrogens (tertiary/aromatic N) is 2. The largest absolute Gasteiger partial charge is 0.420 e. The molecule has 0 aliphatic heterocycles. The van der Waals surface area contributed by atoms with E-state index in [0.29, 0.717) is 36.1 Å². The predicted octanol–water partition coefficient (Wildman–Crippen LogP) is 4.12. The van der Waals surface area contributed by atoms with E-state index in [1.807, 2.05) is 0 Å². The predicted molar refractivity (Wildman–Crippen MR) is 108 cm³/mol. The molecule has 0 aromatic carbocycles. The van der Waals surface area contributed by atoms with E-state index in [9.17, 15) is 27.3 Å². The number of hydrogen-bond acceptors (Lipinski definition) is 5. The lowest BCUT2D eigenvalue weighted by Crippen LogP contribution is -2.21. The Morgan fingerprint density at radius 3 is 2.60 bits per heavy atom. The summed E-state index contributed by atoms with van der Waals surface area (Å²) < 4.78 is 57.1. The monoisotopic (exact) mass is 462 g/mol. The molecule has 2 aromatic rings. The van der Waals surface area contributed by atoms with Crippen molar-refractivity contribution < 1.29 is 27.3 Å².